The van der Waals surface area contributed by atoms with Crippen molar-refractivity contribution in [1.29, 1.82) is 0 Å². The minimum Gasteiger partial charge on any atom is -0.449 e. The molecule has 0 saturated carbocycles. The number of nitrogens with one attached hydrogen (secondary N) is 2. The molecule has 0 aliphatic heterocycles. The Kier molecular flexibility index (Phi) is 4.82. The Bertz CT molecular complexity index is 1140. The molecule has 0 amide bonds. The van der Waals surface area contributed by atoms with Crippen molar-refractivity contribution in [3.8, 4) is 11.5 Å². The van der Waals surface area contributed by atoms with Crippen LogP contribution in [0.25, 0.3) is 10.9 Å². The molecule has 0 bridgehead atoms. The van der Waals surface area contributed by atoms with E-state index >= 15 is 0 Å². The van der Waals surface area contributed by atoms with E-state index in [0.717, 1.165) is 5.56 Å². The zero-order chi connectivity index (χ0) is 19.5. The number of hydrogen-bond donors (Lipinski definition) is 2. The number of anilines is 1. The average molecular weight is 395 g/mol. The van der Waals surface area contributed by atoms with Gasteiger partial charge in [0, 0.05) is 17.6 Å². The summed E-state index contributed by atoms with van der Waals surface area (Å²) in [5.74, 6) is 1.07. The number of nitro benzene ring substituents is 1. The number of aromatic nitrogens is 2. The quantitative estimate of drug-likeness (QED) is 0.331. The molecule has 4 rings (SSSR count). The predicted molar refractivity (Wildman–Crippen MR) is 108 cm³/mol. The van der Waals surface area contributed by atoms with Crippen LogP contribution in [0.3, 0.4) is 0 Å². The van der Waals surface area contributed by atoms with Gasteiger partial charge in [0.2, 0.25) is 5.75 Å². The highest BCUT2D eigenvalue weighted by molar-refractivity contribution is 6.31. The Hall–Kier alpha value is -3.58. The number of H-pyrrole nitrogens is 1. The topological polar surface area (TPSA) is 93.1 Å². The van der Waals surface area contributed by atoms with Gasteiger partial charge in [-0.3, -0.25) is 15.2 Å². The van der Waals surface area contributed by atoms with Crippen LogP contribution >= 0.6 is 11.6 Å². The maximum Gasteiger partial charge on any atom is 0.312 e. The highest BCUT2D eigenvalue weighted by atomic mass is 35.5. The first-order valence-corrected chi connectivity index (χ1v) is 8.87. The third kappa shape index (κ3) is 3.47. The van der Waals surface area contributed by atoms with E-state index in [4.69, 9.17) is 16.3 Å². The van der Waals surface area contributed by atoms with Gasteiger partial charge in [0.25, 0.3) is 0 Å². The molecule has 0 fully saturated rings. The van der Waals surface area contributed by atoms with Crippen molar-refractivity contribution >= 4 is 34.0 Å². The summed E-state index contributed by atoms with van der Waals surface area (Å²) in [7, 11) is 0. The summed E-state index contributed by atoms with van der Waals surface area (Å²) >= 11 is 6.21. The molecular formula is C20H15ClN4O3. The Morgan fingerprint density at radius 3 is 2.57 bits per heavy atom. The molecule has 3 aromatic carbocycles. The zero-order valence-corrected chi connectivity index (χ0v) is 15.3. The highest BCUT2D eigenvalue weighted by Crippen LogP contribution is 2.41. The van der Waals surface area contributed by atoms with Gasteiger partial charge in [0.15, 0.2) is 5.82 Å². The number of para-hydroxylation sites is 1. The van der Waals surface area contributed by atoms with Gasteiger partial charge < -0.3 is 10.1 Å². The van der Waals surface area contributed by atoms with Crippen LogP contribution < -0.4 is 10.1 Å². The lowest BCUT2D eigenvalue weighted by molar-refractivity contribution is -0.385. The molecule has 0 radical (unpaired) electrons. The molecule has 0 aliphatic carbocycles. The summed E-state index contributed by atoms with van der Waals surface area (Å²) in [4.78, 5) is 11.1. The van der Waals surface area contributed by atoms with Crippen molar-refractivity contribution in [1.82, 2.24) is 10.2 Å². The molecule has 0 spiro atoms. The number of ether oxygens (including phenoxy) is 1. The molecule has 0 aliphatic rings. The van der Waals surface area contributed by atoms with Gasteiger partial charge in [-0.05, 0) is 29.8 Å². The normalized spacial score (nSPS) is 10.8. The van der Waals surface area contributed by atoms with Gasteiger partial charge in [-0.1, -0.05) is 48.0 Å². The Labute approximate surface area is 165 Å². The third-order valence-electron chi connectivity index (χ3n) is 4.23. The number of benzene rings is 3. The van der Waals surface area contributed by atoms with Crippen molar-refractivity contribution < 1.29 is 9.66 Å². The summed E-state index contributed by atoms with van der Waals surface area (Å²) in [5, 5.41) is 23.0. The lowest BCUT2D eigenvalue weighted by Gasteiger charge is -2.10. The lowest BCUT2D eigenvalue weighted by atomic mass is 10.2. The second-order valence-electron chi connectivity index (χ2n) is 6.03. The Balaban J connectivity index is 1.76. The van der Waals surface area contributed by atoms with E-state index in [9.17, 15) is 10.1 Å². The minimum absolute atomic E-state index is 0.129. The van der Waals surface area contributed by atoms with Crippen LogP contribution in [0.5, 0.6) is 11.5 Å². The van der Waals surface area contributed by atoms with Crippen LogP contribution in [0, 0.1) is 10.1 Å². The number of nitrogens with zero attached hydrogens (tertiary/aromatic N) is 2. The van der Waals surface area contributed by atoms with Gasteiger partial charge in [-0.15, -0.1) is 0 Å². The van der Waals surface area contributed by atoms with Crippen LogP contribution in [0.15, 0.2) is 66.7 Å². The molecule has 0 atom stereocenters. The van der Waals surface area contributed by atoms with Crippen LogP contribution in [-0.2, 0) is 6.54 Å². The van der Waals surface area contributed by atoms with E-state index in [1.807, 2.05) is 24.3 Å². The number of halogens is 1. The van der Waals surface area contributed by atoms with E-state index in [1.165, 1.54) is 6.07 Å². The zero-order valence-electron chi connectivity index (χ0n) is 14.6. The summed E-state index contributed by atoms with van der Waals surface area (Å²) in [6.45, 7) is 0.410. The minimum atomic E-state index is -0.470. The van der Waals surface area contributed by atoms with Gasteiger partial charge in [-0.25, -0.2) is 0 Å². The van der Waals surface area contributed by atoms with E-state index < -0.39 is 4.92 Å². The maximum absolute atomic E-state index is 11.6. The largest absolute Gasteiger partial charge is 0.449 e. The summed E-state index contributed by atoms with van der Waals surface area (Å²) in [6.07, 6.45) is 0. The standard InChI is InChI=1S/C20H15ClN4O3/c21-15-9-5-4-6-13(15)12-22-20-18-16(23-24-20)10-11-17(25(26)27)19(18)28-14-7-2-1-3-8-14/h1-11H,12H2,(H2,22,23,24). The second kappa shape index (κ2) is 7.58. The van der Waals surface area contributed by atoms with Crippen LogP contribution in [0.1, 0.15) is 5.56 Å². The fourth-order valence-corrected chi connectivity index (χ4v) is 3.08. The van der Waals surface area contributed by atoms with Crippen molar-refractivity contribution in [3.05, 3.63) is 87.4 Å². The summed E-state index contributed by atoms with van der Waals surface area (Å²) in [5.41, 5.74) is 1.37. The molecule has 8 heteroatoms. The molecule has 1 aromatic heterocycles. The summed E-state index contributed by atoms with van der Waals surface area (Å²) < 4.78 is 5.89. The molecular weight excluding hydrogens is 380 g/mol. The van der Waals surface area contributed by atoms with Gasteiger partial charge >= 0.3 is 5.69 Å². The molecule has 0 saturated heterocycles. The van der Waals surface area contributed by atoms with E-state index in [0.29, 0.717) is 34.0 Å². The first-order chi connectivity index (χ1) is 13.6. The van der Waals surface area contributed by atoms with Crippen molar-refractivity contribution in [2.45, 2.75) is 6.54 Å². The summed E-state index contributed by atoms with van der Waals surface area (Å²) in [6, 6.07) is 19.4. The van der Waals surface area contributed by atoms with Gasteiger partial charge in [-0.2, -0.15) is 5.10 Å². The molecule has 0 unspecified atom stereocenters. The molecule has 2 N–H and O–H groups in total. The van der Waals surface area contributed by atoms with Gasteiger partial charge in [0.1, 0.15) is 5.75 Å². The Morgan fingerprint density at radius 2 is 1.82 bits per heavy atom. The van der Waals surface area contributed by atoms with E-state index in [2.05, 4.69) is 15.5 Å². The molecule has 1 heterocycles. The van der Waals surface area contributed by atoms with Crippen molar-refractivity contribution in [2.75, 3.05) is 5.32 Å². The van der Waals surface area contributed by atoms with Crippen molar-refractivity contribution in [2.24, 2.45) is 0 Å². The maximum atomic E-state index is 11.6. The third-order valence-corrected chi connectivity index (χ3v) is 4.59. The number of rotatable bonds is 6. The number of aromatic amines is 1. The number of nitro groups is 1. The molecule has 28 heavy (non-hydrogen) atoms. The first kappa shape index (κ1) is 17.8. The van der Waals surface area contributed by atoms with E-state index in [1.54, 1.807) is 36.4 Å². The van der Waals surface area contributed by atoms with Gasteiger partial charge in [0.05, 0.1) is 15.8 Å². The number of fused-ring (bicyclic) bond motifs is 1. The smallest absolute Gasteiger partial charge is 0.312 e. The van der Waals surface area contributed by atoms with Crippen LogP contribution in [-0.4, -0.2) is 15.1 Å². The second-order valence-corrected chi connectivity index (χ2v) is 6.43. The lowest BCUT2D eigenvalue weighted by Crippen LogP contribution is -2.01. The SMILES string of the molecule is O=[N+]([O-])c1ccc2[nH]nc(NCc3ccccc3Cl)c2c1Oc1ccccc1. The fourth-order valence-electron chi connectivity index (χ4n) is 2.87. The van der Waals surface area contributed by atoms with Crippen LogP contribution in [0.2, 0.25) is 5.02 Å². The highest BCUT2D eigenvalue weighted by Gasteiger charge is 2.23. The average Bonchev–Trinajstić information content (AvgIpc) is 3.12. The predicted octanol–water partition coefficient (Wildman–Crippen LogP) is 5.53. The molecule has 4 aromatic rings. The molecule has 140 valence electrons. The van der Waals surface area contributed by atoms with E-state index in [-0.39, 0.29) is 11.4 Å². The monoisotopic (exact) mass is 394 g/mol. The molecule has 7 nitrogen and oxygen atoms in total. The number of hydrogen-bond acceptors (Lipinski definition) is 5. The first-order valence-electron chi connectivity index (χ1n) is 8.49. The van der Waals surface area contributed by atoms with Crippen LogP contribution in [0.4, 0.5) is 11.5 Å². The fraction of sp³-hybridized carbons (Fsp3) is 0.0500. The Morgan fingerprint density at radius 1 is 1.07 bits per heavy atom. The van der Waals surface area contributed by atoms with Crippen molar-refractivity contribution in [3.63, 3.8) is 0 Å².